The molecule has 0 aliphatic carbocycles. The van der Waals surface area contributed by atoms with Gasteiger partial charge in [-0.1, -0.05) is 62.1 Å². The molecule has 0 spiro atoms. The van der Waals surface area contributed by atoms with E-state index in [2.05, 4.69) is 16.6 Å². The molecule has 0 fully saturated rings. The van der Waals surface area contributed by atoms with Crippen LogP contribution in [0.25, 0.3) is 0 Å². The molecular weight excluding hydrogens is 508 g/mol. The number of alkyl carbamates (subject to hydrolysis) is 1. The summed E-state index contributed by atoms with van der Waals surface area (Å²) in [4.78, 5) is 54.1. The second kappa shape index (κ2) is 14.7. The molecule has 2 atom stereocenters. The Morgan fingerprint density at radius 1 is 1.05 bits per heavy atom. The van der Waals surface area contributed by atoms with E-state index in [1.807, 2.05) is 26.0 Å². The van der Waals surface area contributed by atoms with Gasteiger partial charge in [-0.25, -0.2) is 4.79 Å². The van der Waals surface area contributed by atoms with Crippen molar-refractivity contribution >= 4 is 29.5 Å². The average Bonchev–Trinajstić information content (AvgIpc) is 2.87. The SMILES string of the molecule is C#Cc1ccccc1C(C(=O)Nc1ccccc1C)N(CCCCC)C(=O)C(CC(N)=O)NC(=O)OC(C)(C)C. The molecule has 0 radical (unpaired) electrons. The molecular formula is C31H40N4O5. The molecule has 40 heavy (non-hydrogen) atoms. The van der Waals surface area contributed by atoms with Gasteiger partial charge in [-0.2, -0.15) is 0 Å². The fourth-order valence-electron chi connectivity index (χ4n) is 4.18. The van der Waals surface area contributed by atoms with E-state index in [0.29, 0.717) is 23.2 Å². The van der Waals surface area contributed by atoms with Crippen LogP contribution in [0.15, 0.2) is 48.5 Å². The number of hydrogen-bond donors (Lipinski definition) is 3. The molecule has 0 saturated heterocycles. The summed E-state index contributed by atoms with van der Waals surface area (Å²) in [5, 5.41) is 5.42. The number of benzene rings is 2. The Kier molecular flexibility index (Phi) is 11.7. The highest BCUT2D eigenvalue weighted by atomic mass is 16.6. The maximum Gasteiger partial charge on any atom is 0.408 e. The zero-order valence-corrected chi connectivity index (χ0v) is 24.0. The molecule has 214 valence electrons. The van der Waals surface area contributed by atoms with Crippen LogP contribution in [0, 0.1) is 19.3 Å². The topological polar surface area (TPSA) is 131 Å². The van der Waals surface area contributed by atoms with Gasteiger partial charge in [-0.05, 0) is 57.4 Å². The lowest BCUT2D eigenvalue weighted by Gasteiger charge is -2.35. The summed E-state index contributed by atoms with van der Waals surface area (Å²) < 4.78 is 5.32. The second-order valence-electron chi connectivity index (χ2n) is 10.5. The summed E-state index contributed by atoms with van der Waals surface area (Å²) >= 11 is 0. The predicted molar refractivity (Wildman–Crippen MR) is 155 cm³/mol. The molecule has 0 saturated carbocycles. The number of nitrogens with one attached hydrogen (secondary N) is 2. The van der Waals surface area contributed by atoms with Crippen LogP contribution in [-0.4, -0.2) is 46.9 Å². The van der Waals surface area contributed by atoms with E-state index < -0.39 is 47.9 Å². The van der Waals surface area contributed by atoms with Crippen LogP contribution >= 0.6 is 0 Å². The van der Waals surface area contributed by atoms with Crippen molar-refractivity contribution in [1.29, 1.82) is 0 Å². The lowest BCUT2D eigenvalue weighted by Crippen LogP contribution is -2.53. The van der Waals surface area contributed by atoms with E-state index in [4.69, 9.17) is 16.9 Å². The summed E-state index contributed by atoms with van der Waals surface area (Å²) in [5.41, 5.74) is 6.91. The van der Waals surface area contributed by atoms with Crippen molar-refractivity contribution in [1.82, 2.24) is 10.2 Å². The zero-order valence-electron chi connectivity index (χ0n) is 24.0. The minimum Gasteiger partial charge on any atom is -0.444 e. The van der Waals surface area contributed by atoms with Crippen molar-refractivity contribution in [2.75, 3.05) is 11.9 Å². The van der Waals surface area contributed by atoms with E-state index in [1.54, 1.807) is 57.2 Å². The van der Waals surface area contributed by atoms with Crippen molar-refractivity contribution < 1.29 is 23.9 Å². The Hall–Kier alpha value is -4.32. The number of nitrogens with zero attached hydrogens (tertiary/aromatic N) is 1. The van der Waals surface area contributed by atoms with Gasteiger partial charge < -0.3 is 26.0 Å². The quantitative estimate of drug-likeness (QED) is 0.267. The lowest BCUT2D eigenvalue weighted by atomic mass is 9.96. The lowest BCUT2D eigenvalue weighted by molar-refractivity contribution is -0.142. The number of primary amides is 1. The van der Waals surface area contributed by atoms with E-state index in [9.17, 15) is 19.2 Å². The molecule has 0 aliphatic rings. The highest BCUT2D eigenvalue weighted by molar-refractivity contribution is 6.00. The van der Waals surface area contributed by atoms with Crippen LogP contribution in [0.4, 0.5) is 10.5 Å². The molecule has 0 aliphatic heterocycles. The highest BCUT2D eigenvalue weighted by Gasteiger charge is 2.37. The van der Waals surface area contributed by atoms with Crippen molar-refractivity contribution in [3.8, 4) is 12.3 Å². The number of carbonyl (C=O) groups is 4. The summed E-state index contributed by atoms with van der Waals surface area (Å²) in [6.45, 7) is 9.08. The number of anilines is 1. The third-order valence-electron chi connectivity index (χ3n) is 6.05. The molecule has 2 unspecified atom stereocenters. The second-order valence-corrected chi connectivity index (χ2v) is 10.5. The minimum absolute atomic E-state index is 0.169. The zero-order chi connectivity index (χ0) is 29.9. The van der Waals surface area contributed by atoms with Crippen LogP contribution in [0.2, 0.25) is 0 Å². The van der Waals surface area contributed by atoms with Crippen molar-refractivity contribution in [3.05, 3.63) is 65.2 Å². The van der Waals surface area contributed by atoms with Gasteiger partial charge in [0, 0.05) is 17.8 Å². The Labute approximate surface area is 236 Å². The largest absolute Gasteiger partial charge is 0.444 e. The van der Waals surface area contributed by atoms with Gasteiger partial charge in [0.25, 0.3) is 5.91 Å². The maximum absolute atomic E-state index is 14.1. The first-order valence-corrected chi connectivity index (χ1v) is 13.4. The van der Waals surface area contributed by atoms with Crippen LogP contribution in [0.5, 0.6) is 0 Å². The number of terminal acetylenes is 1. The predicted octanol–water partition coefficient (Wildman–Crippen LogP) is 4.44. The Balaban J connectivity index is 2.62. The fourth-order valence-corrected chi connectivity index (χ4v) is 4.18. The minimum atomic E-state index is -1.36. The van der Waals surface area contributed by atoms with Crippen LogP contribution in [0.1, 0.15) is 76.1 Å². The molecule has 4 N–H and O–H groups in total. The summed E-state index contributed by atoms with van der Waals surface area (Å²) in [6, 6.07) is 11.6. The average molecular weight is 549 g/mol. The van der Waals surface area contributed by atoms with Crippen molar-refractivity contribution in [2.45, 2.75) is 78.0 Å². The number of rotatable bonds is 12. The Bertz CT molecular complexity index is 1240. The molecule has 2 aromatic carbocycles. The molecule has 2 aromatic rings. The van der Waals surface area contributed by atoms with E-state index >= 15 is 0 Å². The number of unbranched alkanes of at least 4 members (excludes halogenated alkanes) is 2. The van der Waals surface area contributed by atoms with E-state index in [0.717, 1.165) is 18.4 Å². The van der Waals surface area contributed by atoms with Gasteiger partial charge in [-0.15, -0.1) is 6.42 Å². The van der Waals surface area contributed by atoms with Crippen LogP contribution in [0.3, 0.4) is 0 Å². The number of nitrogens with two attached hydrogens (primary N) is 1. The van der Waals surface area contributed by atoms with Gasteiger partial charge in [-0.3, -0.25) is 14.4 Å². The molecule has 0 aromatic heterocycles. The number of ether oxygens (including phenoxy) is 1. The standard InChI is InChI=1S/C31H40N4O5/c1-7-9-14-19-35(29(38)25(20-26(32)36)34-30(39)40-31(4,5)6)27(23-17-12-11-16-22(23)8-2)28(37)33-24-18-13-10-15-21(24)3/h2,10-13,15-18,25,27H,7,9,14,19-20H2,1,3-6H3,(H2,32,36)(H,33,37)(H,34,39). The molecule has 2 rings (SSSR count). The first-order chi connectivity index (χ1) is 18.9. The van der Waals surface area contributed by atoms with Gasteiger partial charge >= 0.3 is 6.09 Å². The Morgan fingerprint density at radius 3 is 2.30 bits per heavy atom. The first-order valence-electron chi connectivity index (χ1n) is 13.4. The van der Waals surface area contributed by atoms with Gasteiger partial charge in [0.2, 0.25) is 11.8 Å². The van der Waals surface area contributed by atoms with Crippen LogP contribution < -0.4 is 16.4 Å². The van der Waals surface area contributed by atoms with Crippen LogP contribution in [-0.2, 0) is 19.1 Å². The molecule has 9 heteroatoms. The maximum atomic E-state index is 14.1. The van der Waals surface area contributed by atoms with Gasteiger partial charge in [0.05, 0.1) is 6.42 Å². The number of para-hydroxylation sites is 1. The van der Waals surface area contributed by atoms with E-state index in [1.165, 1.54) is 4.90 Å². The highest BCUT2D eigenvalue weighted by Crippen LogP contribution is 2.28. The molecule has 9 nitrogen and oxygen atoms in total. The normalized spacial score (nSPS) is 12.4. The van der Waals surface area contributed by atoms with Gasteiger partial charge in [0.1, 0.15) is 17.7 Å². The van der Waals surface area contributed by atoms with Gasteiger partial charge in [0.15, 0.2) is 0 Å². The number of carbonyl (C=O) groups excluding carboxylic acids is 4. The summed E-state index contributed by atoms with van der Waals surface area (Å²) in [7, 11) is 0. The molecule has 4 amide bonds. The first kappa shape index (κ1) is 31.9. The number of amides is 4. The van der Waals surface area contributed by atoms with E-state index in [-0.39, 0.29) is 6.54 Å². The monoisotopic (exact) mass is 548 g/mol. The smallest absolute Gasteiger partial charge is 0.408 e. The third kappa shape index (κ3) is 9.45. The number of hydrogen-bond acceptors (Lipinski definition) is 5. The molecule has 0 bridgehead atoms. The third-order valence-corrected chi connectivity index (χ3v) is 6.05. The summed E-state index contributed by atoms with van der Waals surface area (Å²) in [6.07, 6.45) is 6.65. The van der Waals surface area contributed by atoms with Crippen molar-refractivity contribution in [2.24, 2.45) is 5.73 Å². The molecule has 0 heterocycles. The Morgan fingerprint density at radius 2 is 1.70 bits per heavy atom. The van der Waals surface area contributed by atoms with Crippen molar-refractivity contribution in [3.63, 3.8) is 0 Å². The summed E-state index contributed by atoms with van der Waals surface area (Å²) in [5.74, 6) is 0.663. The number of aryl methyl sites for hydroxylation is 1. The fraction of sp³-hybridized carbons (Fsp3) is 0.419.